The molecule has 1 spiro atoms. The van der Waals surface area contributed by atoms with Gasteiger partial charge in [-0.2, -0.15) is 10.2 Å². The molecule has 3 aromatic rings. The standard InChI is InChI=1S/C26H26N4O4/c1-16(2)33-22-7-6-17(14-18(22)15-27)25-28-24(29-34-25)20-4-3-5-21-19(20)8-10-26(21)11-9-23(32)30(26)12-13-31/h3-7,14,16,31H,8-13H2,1-2H3/t26-/m1/s1. The van der Waals surface area contributed by atoms with Crippen LogP contribution in [0.2, 0.25) is 0 Å². The number of amides is 1. The summed E-state index contributed by atoms with van der Waals surface area (Å²) in [5.74, 6) is 1.41. The van der Waals surface area contributed by atoms with Crippen molar-refractivity contribution in [3.05, 3.63) is 53.1 Å². The summed E-state index contributed by atoms with van der Waals surface area (Å²) in [6, 6.07) is 13.4. The summed E-state index contributed by atoms with van der Waals surface area (Å²) in [6.45, 7) is 4.10. The fourth-order valence-electron chi connectivity index (χ4n) is 5.33. The van der Waals surface area contributed by atoms with E-state index in [1.54, 1.807) is 18.2 Å². The molecule has 8 heteroatoms. The first-order valence-corrected chi connectivity index (χ1v) is 11.6. The molecule has 0 bridgehead atoms. The Morgan fingerprint density at radius 2 is 2.09 bits per heavy atom. The molecule has 2 aromatic carbocycles. The van der Waals surface area contributed by atoms with Crippen LogP contribution in [0.1, 0.15) is 49.8 Å². The Morgan fingerprint density at radius 3 is 2.85 bits per heavy atom. The molecule has 1 N–H and O–H groups in total. The molecular weight excluding hydrogens is 432 g/mol. The number of carbonyl (C=O) groups excluding carboxylic acids is 1. The largest absolute Gasteiger partial charge is 0.490 e. The van der Waals surface area contributed by atoms with Crippen LogP contribution in [0.4, 0.5) is 0 Å². The first kappa shape index (κ1) is 22.1. The van der Waals surface area contributed by atoms with E-state index < -0.39 is 0 Å². The molecule has 174 valence electrons. The Morgan fingerprint density at radius 1 is 1.26 bits per heavy atom. The van der Waals surface area contributed by atoms with Crippen molar-refractivity contribution in [2.75, 3.05) is 13.2 Å². The number of hydrogen-bond donors (Lipinski definition) is 1. The van der Waals surface area contributed by atoms with Crippen LogP contribution in [-0.4, -0.2) is 45.3 Å². The summed E-state index contributed by atoms with van der Waals surface area (Å²) < 4.78 is 11.3. The molecule has 1 atom stereocenters. The predicted molar refractivity (Wildman–Crippen MR) is 124 cm³/mol. The molecule has 1 amide bonds. The van der Waals surface area contributed by atoms with E-state index in [0.717, 1.165) is 36.0 Å². The van der Waals surface area contributed by atoms with Gasteiger partial charge in [0.25, 0.3) is 5.89 Å². The lowest BCUT2D eigenvalue weighted by atomic mass is 9.88. The third-order valence-electron chi connectivity index (χ3n) is 6.74. The number of fused-ring (bicyclic) bond motifs is 2. The number of likely N-dealkylation sites (tertiary alicyclic amines) is 1. The third kappa shape index (κ3) is 3.53. The number of hydrogen-bond acceptors (Lipinski definition) is 7. The van der Waals surface area contributed by atoms with E-state index in [4.69, 9.17) is 9.26 Å². The van der Waals surface area contributed by atoms with E-state index in [1.165, 1.54) is 0 Å². The van der Waals surface area contributed by atoms with E-state index in [9.17, 15) is 15.2 Å². The summed E-state index contributed by atoms with van der Waals surface area (Å²) >= 11 is 0. The van der Waals surface area contributed by atoms with Gasteiger partial charge in [0.2, 0.25) is 11.7 Å². The van der Waals surface area contributed by atoms with Gasteiger partial charge in [-0.1, -0.05) is 23.4 Å². The van der Waals surface area contributed by atoms with Gasteiger partial charge in [0.15, 0.2) is 0 Å². The van der Waals surface area contributed by atoms with Crippen molar-refractivity contribution in [2.24, 2.45) is 0 Å². The van der Waals surface area contributed by atoms with Crippen molar-refractivity contribution >= 4 is 5.91 Å². The Bertz CT molecular complexity index is 1290. The molecule has 0 saturated carbocycles. The lowest BCUT2D eigenvalue weighted by molar-refractivity contribution is -0.132. The normalized spacial score (nSPS) is 19.1. The van der Waals surface area contributed by atoms with Gasteiger partial charge in [-0.15, -0.1) is 0 Å². The highest BCUT2D eigenvalue weighted by Gasteiger charge is 2.50. The highest BCUT2D eigenvalue weighted by Crippen LogP contribution is 2.50. The Labute approximate surface area is 197 Å². The molecule has 5 rings (SSSR count). The number of rotatable bonds is 6. The molecule has 2 heterocycles. The molecule has 34 heavy (non-hydrogen) atoms. The minimum Gasteiger partial charge on any atom is -0.490 e. The van der Waals surface area contributed by atoms with Crippen molar-refractivity contribution in [2.45, 2.75) is 51.2 Å². The van der Waals surface area contributed by atoms with Crippen molar-refractivity contribution in [3.63, 3.8) is 0 Å². The highest BCUT2D eigenvalue weighted by atomic mass is 16.5. The number of aromatic nitrogens is 2. The molecule has 1 saturated heterocycles. The van der Waals surface area contributed by atoms with Crippen molar-refractivity contribution in [1.29, 1.82) is 5.26 Å². The van der Waals surface area contributed by atoms with Gasteiger partial charge in [0.05, 0.1) is 23.8 Å². The predicted octanol–water partition coefficient (Wildman–Crippen LogP) is 3.82. The molecule has 0 radical (unpaired) electrons. The summed E-state index contributed by atoms with van der Waals surface area (Å²) in [5, 5.41) is 23.3. The average Bonchev–Trinajstić information content (AvgIpc) is 3.54. The highest BCUT2D eigenvalue weighted by molar-refractivity contribution is 5.81. The van der Waals surface area contributed by atoms with Crippen LogP contribution in [0.25, 0.3) is 22.8 Å². The van der Waals surface area contributed by atoms with E-state index in [-0.39, 0.29) is 24.2 Å². The number of carbonyl (C=O) groups is 1. The first-order valence-electron chi connectivity index (χ1n) is 11.6. The van der Waals surface area contributed by atoms with Crippen molar-refractivity contribution in [3.8, 4) is 34.7 Å². The van der Waals surface area contributed by atoms with E-state index >= 15 is 0 Å². The number of nitriles is 1. The molecule has 2 aliphatic rings. The van der Waals surface area contributed by atoms with E-state index in [2.05, 4.69) is 22.3 Å². The van der Waals surface area contributed by atoms with E-state index in [0.29, 0.717) is 41.6 Å². The van der Waals surface area contributed by atoms with Crippen LogP contribution in [0.15, 0.2) is 40.9 Å². The van der Waals surface area contributed by atoms with Crippen LogP contribution in [0, 0.1) is 11.3 Å². The molecule has 1 aliphatic heterocycles. The zero-order valence-electron chi connectivity index (χ0n) is 19.2. The molecular formula is C26H26N4O4. The fraction of sp³-hybridized carbons (Fsp3) is 0.385. The topological polar surface area (TPSA) is 112 Å². The maximum atomic E-state index is 12.5. The lowest BCUT2D eigenvalue weighted by Gasteiger charge is -2.36. The summed E-state index contributed by atoms with van der Waals surface area (Å²) in [5.41, 5.74) is 3.79. The monoisotopic (exact) mass is 458 g/mol. The van der Waals surface area contributed by atoms with Crippen LogP contribution < -0.4 is 4.74 Å². The Hall–Kier alpha value is -3.70. The molecule has 1 aliphatic carbocycles. The maximum absolute atomic E-state index is 12.5. The number of aliphatic hydroxyl groups excluding tert-OH is 1. The minimum absolute atomic E-state index is 0.0418. The van der Waals surface area contributed by atoms with Crippen LogP contribution in [0.3, 0.4) is 0 Å². The number of ether oxygens (including phenoxy) is 1. The second-order valence-corrected chi connectivity index (χ2v) is 9.04. The van der Waals surface area contributed by atoms with Gasteiger partial charge in [0.1, 0.15) is 11.8 Å². The lowest BCUT2D eigenvalue weighted by Crippen LogP contribution is -2.43. The van der Waals surface area contributed by atoms with Crippen LogP contribution in [0.5, 0.6) is 5.75 Å². The van der Waals surface area contributed by atoms with Gasteiger partial charge < -0.3 is 19.3 Å². The number of benzene rings is 2. The zero-order valence-corrected chi connectivity index (χ0v) is 19.2. The average molecular weight is 459 g/mol. The fourth-order valence-corrected chi connectivity index (χ4v) is 5.33. The van der Waals surface area contributed by atoms with Gasteiger partial charge in [-0.25, -0.2) is 0 Å². The summed E-state index contributed by atoms with van der Waals surface area (Å²) in [4.78, 5) is 19.0. The van der Waals surface area contributed by atoms with Gasteiger partial charge >= 0.3 is 0 Å². The molecule has 1 fully saturated rings. The van der Waals surface area contributed by atoms with E-state index in [1.807, 2.05) is 30.9 Å². The van der Waals surface area contributed by atoms with Crippen LogP contribution >= 0.6 is 0 Å². The van der Waals surface area contributed by atoms with Gasteiger partial charge in [-0.05, 0) is 62.4 Å². The number of β-amino-alcohol motifs (C(OH)–C–C–N with tert-alkyl or cyclic N) is 1. The summed E-state index contributed by atoms with van der Waals surface area (Å²) in [6.07, 6.45) is 2.82. The second-order valence-electron chi connectivity index (χ2n) is 9.04. The van der Waals surface area contributed by atoms with Gasteiger partial charge in [-0.3, -0.25) is 4.79 Å². The second kappa shape index (κ2) is 8.58. The first-order chi connectivity index (χ1) is 16.5. The number of aliphatic hydroxyl groups is 1. The minimum atomic E-state index is -0.369. The summed E-state index contributed by atoms with van der Waals surface area (Å²) in [7, 11) is 0. The van der Waals surface area contributed by atoms with Gasteiger partial charge in [0, 0.05) is 24.1 Å². The SMILES string of the molecule is CC(C)Oc1ccc(-c2nc(-c3cccc4c3CC[C@@]43CCC(=O)N3CCO)no2)cc1C#N. The number of nitrogens with zero attached hydrogens (tertiary/aromatic N) is 4. The van der Waals surface area contributed by atoms with Crippen molar-refractivity contribution in [1.82, 2.24) is 15.0 Å². The quantitative estimate of drug-likeness (QED) is 0.597. The third-order valence-corrected chi connectivity index (χ3v) is 6.74. The zero-order chi connectivity index (χ0) is 23.9. The van der Waals surface area contributed by atoms with Crippen molar-refractivity contribution < 1.29 is 19.2 Å². The Balaban J connectivity index is 1.50. The molecule has 0 unspecified atom stereocenters. The van der Waals surface area contributed by atoms with Crippen LogP contribution in [-0.2, 0) is 16.8 Å². The smallest absolute Gasteiger partial charge is 0.258 e. The molecule has 8 nitrogen and oxygen atoms in total. The Kier molecular flexibility index (Phi) is 5.58. The molecule has 1 aromatic heterocycles. The maximum Gasteiger partial charge on any atom is 0.258 e.